The molecule has 6 heteroatoms. The van der Waals surface area contributed by atoms with E-state index in [1.54, 1.807) is 0 Å². The molecule has 0 aromatic carbocycles. The average molecular weight is 1080 g/mol. The zero-order chi connectivity index (χ0) is 56.4. The van der Waals surface area contributed by atoms with Crippen molar-refractivity contribution in [2.24, 2.45) is 0 Å². The lowest BCUT2D eigenvalue weighted by atomic mass is 10.1. The van der Waals surface area contributed by atoms with Gasteiger partial charge in [-0.1, -0.05) is 276 Å². The van der Waals surface area contributed by atoms with E-state index in [0.717, 1.165) is 161 Å². The van der Waals surface area contributed by atoms with Crippen LogP contribution in [0.5, 0.6) is 0 Å². The monoisotopic (exact) mass is 1080 g/mol. The minimum Gasteiger partial charge on any atom is -0.462 e. The van der Waals surface area contributed by atoms with Gasteiger partial charge in [0.05, 0.1) is 0 Å². The fourth-order valence-corrected chi connectivity index (χ4v) is 8.39. The van der Waals surface area contributed by atoms with Crippen LogP contribution in [0, 0.1) is 0 Å². The van der Waals surface area contributed by atoms with Gasteiger partial charge < -0.3 is 14.2 Å². The van der Waals surface area contributed by atoms with Crippen molar-refractivity contribution in [1.29, 1.82) is 0 Å². The lowest BCUT2D eigenvalue weighted by Crippen LogP contribution is -2.30. The Kier molecular flexibility index (Phi) is 60.9. The number of ether oxygens (including phenoxy) is 3. The molecule has 0 aliphatic heterocycles. The highest BCUT2D eigenvalue weighted by Gasteiger charge is 2.19. The number of esters is 3. The molecule has 6 nitrogen and oxygen atoms in total. The standard InChI is InChI=1S/C72H116O6/c1-4-7-10-13-16-19-22-24-26-28-30-32-34-36-38-40-42-44-46-48-50-53-56-59-62-65-71(74)77-68-69(67-76-70(73)64-61-58-55-52-21-18-15-12-9-6-3)78-72(75)66-63-60-57-54-51-49-47-45-43-41-39-37-35-33-31-29-27-25-23-20-17-14-11-8-5-2/h7-8,10-11,16-17,19-20,24-27,30-33,36-39,42-45,69H,4-6,9,12-15,18,21-23,28-29,34-35,40-41,46-68H2,1-3H3/b10-7-,11-8-,19-16-,20-17-,26-24-,27-25-,32-30-,33-31-,38-36-,39-37-,44-42-,45-43-. The average Bonchev–Trinajstić information content (AvgIpc) is 3.44. The van der Waals surface area contributed by atoms with Gasteiger partial charge in [-0.05, 0) is 122 Å². The molecule has 0 radical (unpaired) electrons. The third kappa shape index (κ3) is 62.1. The third-order valence-corrected chi connectivity index (χ3v) is 13.1. The topological polar surface area (TPSA) is 78.9 Å². The maximum atomic E-state index is 12.9. The molecule has 0 aromatic heterocycles. The Hall–Kier alpha value is -4.71. The summed E-state index contributed by atoms with van der Waals surface area (Å²) in [6.07, 6.45) is 92.8. The van der Waals surface area contributed by atoms with Crippen LogP contribution in [0.4, 0.5) is 0 Å². The van der Waals surface area contributed by atoms with Crippen LogP contribution in [0.2, 0.25) is 0 Å². The first-order valence-electron chi connectivity index (χ1n) is 31.8. The molecule has 0 aliphatic carbocycles. The van der Waals surface area contributed by atoms with Gasteiger partial charge in [-0.3, -0.25) is 14.4 Å². The summed E-state index contributed by atoms with van der Waals surface area (Å²) in [5.41, 5.74) is 0. The van der Waals surface area contributed by atoms with Gasteiger partial charge in [0.25, 0.3) is 0 Å². The Morgan fingerprint density at radius 3 is 0.782 bits per heavy atom. The number of hydrogen-bond donors (Lipinski definition) is 0. The Balaban J connectivity index is 4.37. The van der Waals surface area contributed by atoms with Crippen molar-refractivity contribution >= 4 is 17.9 Å². The maximum Gasteiger partial charge on any atom is 0.306 e. The molecular weight excluding hydrogens is 961 g/mol. The predicted molar refractivity (Wildman–Crippen MR) is 339 cm³/mol. The molecule has 0 saturated heterocycles. The highest BCUT2D eigenvalue weighted by Crippen LogP contribution is 2.15. The van der Waals surface area contributed by atoms with E-state index in [2.05, 4.69) is 167 Å². The molecule has 440 valence electrons. The van der Waals surface area contributed by atoms with Crippen molar-refractivity contribution in [2.45, 2.75) is 277 Å². The lowest BCUT2D eigenvalue weighted by Gasteiger charge is -2.18. The number of hydrogen-bond acceptors (Lipinski definition) is 6. The van der Waals surface area contributed by atoms with Gasteiger partial charge in [0, 0.05) is 19.3 Å². The van der Waals surface area contributed by atoms with E-state index in [-0.39, 0.29) is 31.1 Å². The molecular formula is C72H116O6. The Morgan fingerprint density at radius 1 is 0.269 bits per heavy atom. The lowest BCUT2D eigenvalue weighted by molar-refractivity contribution is -0.167. The van der Waals surface area contributed by atoms with E-state index in [1.807, 2.05) is 0 Å². The van der Waals surface area contributed by atoms with Crippen LogP contribution in [0.1, 0.15) is 271 Å². The molecule has 0 saturated carbocycles. The van der Waals surface area contributed by atoms with Crippen molar-refractivity contribution in [3.05, 3.63) is 146 Å². The first-order valence-corrected chi connectivity index (χ1v) is 31.8. The van der Waals surface area contributed by atoms with Gasteiger partial charge >= 0.3 is 17.9 Å². The van der Waals surface area contributed by atoms with Crippen LogP contribution < -0.4 is 0 Å². The molecule has 0 aliphatic rings. The van der Waals surface area contributed by atoms with Crippen LogP contribution in [-0.2, 0) is 28.6 Å². The molecule has 0 heterocycles. The summed E-state index contributed by atoms with van der Waals surface area (Å²) >= 11 is 0. The number of carbonyl (C=O) groups is 3. The zero-order valence-electron chi connectivity index (χ0n) is 50.4. The molecule has 0 aromatic rings. The first-order chi connectivity index (χ1) is 38.5. The van der Waals surface area contributed by atoms with Crippen LogP contribution in [0.25, 0.3) is 0 Å². The fourth-order valence-electron chi connectivity index (χ4n) is 8.39. The number of allylic oxidation sites excluding steroid dienone is 24. The molecule has 0 rings (SSSR count). The summed E-state index contributed by atoms with van der Waals surface area (Å²) < 4.78 is 16.9. The highest BCUT2D eigenvalue weighted by molar-refractivity contribution is 5.71. The van der Waals surface area contributed by atoms with E-state index >= 15 is 0 Å². The molecule has 0 spiro atoms. The zero-order valence-corrected chi connectivity index (χ0v) is 50.4. The van der Waals surface area contributed by atoms with Crippen molar-refractivity contribution in [2.75, 3.05) is 13.2 Å². The summed E-state index contributed by atoms with van der Waals surface area (Å²) in [5.74, 6) is -0.924. The quantitative estimate of drug-likeness (QED) is 0.0261. The summed E-state index contributed by atoms with van der Waals surface area (Å²) in [4.78, 5) is 38.2. The minimum absolute atomic E-state index is 0.0923. The SMILES string of the molecule is CC/C=C\C/C=C\C/C=C\C/C=C\C/C=C\C/C=C\CCCCCCCCC(=O)OCC(COC(=O)CCCCCCCCCCCC)OC(=O)CCCCCCCC/C=C\C/C=C\C/C=C\C/C=C\C/C=C\C/C=C\CC. The Bertz CT molecular complexity index is 1710. The van der Waals surface area contributed by atoms with E-state index in [4.69, 9.17) is 14.2 Å². The van der Waals surface area contributed by atoms with E-state index in [1.165, 1.54) is 70.6 Å². The maximum absolute atomic E-state index is 12.9. The second-order valence-electron chi connectivity index (χ2n) is 20.6. The molecule has 1 atom stereocenters. The third-order valence-electron chi connectivity index (χ3n) is 13.1. The minimum atomic E-state index is -0.798. The fraction of sp³-hybridized carbons (Fsp3) is 0.625. The van der Waals surface area contributed by atoms with Crippen molar-refractivity contribution in [3.8, 4) is 0 Å². The molecule has 0 bridgehead atoms. The molecule has 78 heavy (non-hydrogen) atoms. The summed E-state index contributed by atoms with van der Waals surface area (Å²) in [6, 6.07) is 0. The van der Waals surface area contributed by atoms with E-state index in [0.29, 0.717) is 19.3 Å². The summed E-state index contributed by atoms with van der Waals surface area (Å²) in [6.45, 7) is 6.38. The number of rotatable bonds is 56. The smallest absolute Gasteiger partial charge is 0.306 e. The number of carbonyl (C=O) groups excluding carboxylic acids is 3. The van der Waals surface area contributed by atoms with Gasteiger partial charge in [0.2, 0.25) is 0 Å². The normalized spacial score (nSPS) is 13.1. The summed E-state index contributed by atoms with van der Waals surface area (Å²) in [7, 11) is 0. The number of unbranched alkanes of at least 4 members (excludes halogenated alkanes) is 21. The Morgan fingerprint density at radius 2 is 0.500 bits per heavy atom. The molecule has 1 unspecified atom stereocenters. The highest BCUT2D eigenvalue weighted by atomic mass is 16.6. The molecule has 0 fully saturated rings. The van der Waals surface area contributed by atoms with Crippen LogP contribution >= 0.6 is 0 Å². The van der Waals surface area contributed by atoms with Crippen molar-refractivity contribution in [3.63, 3.8) is 0 Å². The van der Waals surface area contributed by atoms with Crippen LogP contribution in [0.15, 0.2) is 146 Å². The van der Waals surface area contributed by atoms with E-state index in [9.17, 15) is 14.4 Å². The summed E-state index contributed by atoms with van der Waals surface area (Å²) in [5, 5.41) is 0. The van der Waals surface area contributed by atoms with Gasteiger partial charge in [-0.25, -0.2) is 0 Å². The van der Waals surface area contributed by atoms with Gasteiger partial charge in [-0.2, -0.15) is 0 Å². The van der Waals surface area contributed by atoms with Crippen LogP contribution in [-0.4, -0.2) is 37.2 Å². The van der Waals surface area contributed by atoms with Gasteiger partial charge in [0.1, 0.15) is 13.2 Å². The molecule has 0 N–H and O–H groups in total. The second-order valence-corrected chi connectivity index (χ2v) is 20.6. The first kappa shape index (κ1) is 73.3. The van der Waals surface area contributed by atoms with Crippen LogP contribution in [0.3, 0.4) is 0 Å². The van der Waals surface area contributed by atoms with Crippen molar-refractivity contribution < 1.29 is 28.6 Å². The van der Waals surface area contributed by atoms with E-state index < -0.39 is 6.10 Å². The molecule has 0 amide bonds. The largest absolute Gasteiger partial charge is 0.462 e. The predicted octanol–water partition coefficient (Wildman–Crippen LogP) is 21.9. The van der Waals surface area contributed by atoms with Crippen molar-refractivity contribution in [1.82, 2.24) is 0 Å². The van der Waals surface area contributed by atoms with Gasteiger partial charge in [-0.15, -0.1) is 0 Å². The Labute approximate surface area is 480 Å². The second kappa shape index (κ2) is 64.8. The van der Waals surface area contributed by atoms with Gasteiger partial charge in [0.15, 0.2) is 6.10 Å².